The van der Waals surface area contributed by atoms with Gasteiger partial charge in [0.15, 0.2) is 0 Å². The fraction of sp³-hybridized carbons (Fsp3) is 0.917. The van der Waals surface area contributed by atoms with Crippen LogP contribution in [-0.2, 0) is 28.5 Å². The molecule has 0 bridgehead atoms. The second-order valence-electron chi connectivity index (χ2n) is 4.18. The summed E-state index contributed by atoms with van der Waals surface area (Å²) in [5.41, 5.74) is 4.58. The maximum absolute atomic E-state index is 11.2. The monoisotopic (exact) mass is 279 g/mol. The molecule has 114 valence electrons. The van der Waals surface area contributed by atoms with Crippen LogP contribution in [0.1, 0.15) is 6.92 Å². The Morgan fingerprint density at radius 1 is 0.947 bits per heavy atom. The Bertz CT molecular complexity index is 234. The first-order valence-corrected chi connectivity index (χ1v) is 6.14. The van der Waals surface area contributed by atoms with Crippen molar-refractivity contribution in [2.45, 2.75) is 12.5 Å². The molecule has 0 fully saturated rings. The van der Waals surface area contributed by atoms with E-state index in [0.29, 0.717) is 39.6 Å². The first-order chi connectivity index (χ1) is 9.04. The summed E-state index contributed by atoms with van der Waals surface area (Å²) in [6.45, 7) is 4.57. The van der Waals surface area contributed by atoms with Crippen molar-refractivity contribution in [2.24, 2.45) is 5.73 Å². The number of methoxy groups -OCH3 is 2. The van der Waals surface area contributed by atoms with Gasteiger partial charge in [-0.25, -0.2) is 4.79 Å². The smallest absolute Gasteiger partial charge is 0.327 e. The molecule has 1 unspecified atom stereocenters. The average molecular weight is 279 g/mol. The molecule has 0 amide bonds. The largest absolute Gasteiger partial charge is 0.468 e. The van der Waals surface area contributed by atoms with Crippen LogP contribution < -0.4 is 5.73 Å². The molecule has 0 aromatic carbocycles. The molecular weight excluding hydrogens is 254 g/mol. The van der Waals surface area contributed by atoms with Gasteiger partial charge in [-0.15, -0.1) is 0 Å². The van der Waals surface area contributed by atoms with Crippen LogP contribution in [0.5, 0.6) is 0 Å². The third-order valence-electron chi connectivity index (χ3n) is 2.23. The Hall–Kier alpha value is -0.730. The maximum atomic E-state index is 11.2. The molecule has 0 spiro atoms. The molecule has 0 aromatic heterocycles. The zero-order valence-corrected chi connectivity index (χ0v) is 12.0. The van der Waals surface area contributed by atoms with Crippen LogP contribution in [0.3, 0.4) is 0 Å². The SMILES string of the molecule is COCCOCCOCCOCC(C)(N)C(=O)OC. The second kappa shape index (κ2) is 11.1. The van der Waals surface area contributed by atoms with Gasteiger partial charge in [-0.2, -0.15) is 0 Å². The van der Waals surface area contributed by atoms with E-state index in [9.17, 15) is 4.79 Å². The van der Waals surface area contributed by atoms with Gasteiger partial charge in [0.05, 0.1) is 53.4 Å². The van der Waals surface area contributed by atoms with Gasteiger partial charge in [0.25, 0.3) is 0 Å². The highest BCUT2D eigenvalue weighted by Gasteiger charge is 2.29. The van der Waals surface area contributed by atoms with Gasteiger partial charge in [-0.3, -0.25) is 0 Å². The molecule has 7 nitrogen and oxygen atoms in total. The van der Waals surface area contributed by atoms with Crippen molar-refractivity contribution in [3.8, 4) is 0 Å². The van der Waals surface area contributed by atoms with Crippen molar-refractivity contribution in [1.29, 1.82) is 0 Å². The molecule has 1 atom stereocenters. The first kappa shape index (κ1) is 18.3. The van der Waals surface area contributed by atoms with E-state index in [1.165, 1.54) is 7.11 Å². The van der Waals surface area contributed by atoms with E-state index in [0.717, 1.165) is 0 Å². The summed E-state index contributed by atoms with van der Waals surface area (Å²) in [5.74, 6) is -0.500. The van der Waals surface area contributed by atoms with Crippen molar-refractivity contribution in [1.82, 2.24) is 0 Å². The fourth-order valence-electron chi connectivity index (χ4n) is 1.16. The molecule has 2 N–H and O–H groups in total. The lowest BCUT2D eigenvalue weighted by Crippen LogP contribution is -2.50. The van der Waals surface area contributed by atoms with Crippen LogP contribution in [-0.4, -0.2) is 72.0 Å². The Kier molecular flexibility index (Phi) is 10.7. The summed E-state index contributed by atoms with van der Waals surface area (Å²) >= 11 is 0. The number of ether oxygens (including phenoxy) is 5. The maximum Gasteiger partial charge on any atom is 0.327 e. The minimum atomic E-state index is -1.13. The Morgan fingerprint density at radius 3 is 1.89 bits per heavy atom. The van der Waals surface area contributed by atoms with E-state index >= 15 is 0 Å². The zero-order valence-electron chi connectivity index (χ0n) is 12.0. The van der Waals surface area contributed by atoms with Crippen LogP contribution in [0.25, 0.3) is 0 Å². The molecule has 7 heteroatoms. The number of hydrogen-bond acceptors (Lipinski definition) is 7. The fourth-order valence-corrected chi connectivity index (χ4v) is 1.16. The number of rotatable bonds is 12. The molecule has 0 aliphatic carbocycles. The van der Waals surface area contributed by atoms with Crippen LogP contribution >= 0.6 is 0 Å². The highest BCUT2D eigenvalue weighted by atomic mass is 16.6. The van der Waals surface area contributed by atoms with Crippen LogP contribution in [0.4, 0.5) is 0 Å². The molecule has 0 aliphatic rings. The predicted octanol–water partition coefficient (Wildman–Crippen LogP) is -0.427. The van der Waals surface area contributed by atoms with Gasteiger partial charge in [-0.05, 0) is 6.92 Å². The standard InChI is InChI=1S/C12H25NO6/c1-12(13,11(14)16-3)10-19-9-8-18-7-6-17-5-4-15-2/h4-10,13H2,1-3H3. The van der Waals surface area contributed by atoms with Crippen molar-refractivity contribution in [3.05, 3.63) is 0 Å². The van der Waals surface area contributed by atoms with E-state index in [-0.39, 0.29) is 6.61 Å². The Balaban J connectivity index is 3.33. The molecular formula is C12H25NO6. The van der Waals surface area contributed by atoms with Crippen molar-refractivity contribution in [2.75, 3.05) is 60.5 Å². The van der Waals surface area contributed by atoms with Gasteiger partial charge < -0.3 is 29.4 Å². The lowest BCUT2D eigenvalue weighted by molar-refractivity contribution is -0.149. The second-order valence-corrected chi connectivity index (χ2v) is 4.18. The summed E-state index contributed by atoms with van der Waals surface area (Å²) in [5, 5.41) is 0. The van der Waals surface area contributed by atoms with Gasteiger partial charge in [0.2, 0.25) is 0 Å². The van der Waals surface area contributed by atoms with Gasteiger partial charge in [0.1, 0.15) is 5.54 Å². The molecule has 0 saturated carbocycles. The number of nitrogens with two attached hydrogens (primary N) is 1. The first-order valence-electron chi connectivity index (χ1n) is 6.14. The molecule has 0 heterocycles. The molecule has 0 radical (unpaired) electrons. The van der Waals surface area contributed by atoms with Gasteiger partial charge in [-0.1, -0.05) is 0 Å². The van der Waals surface area contributed by atoms with E-state index in [4.69, 9.17) is 24.7 Å². The highest BCUT2D eigenvalue weighted by Crippen LogP contribution is 2.02. The summed E-state index contributed by atoms with van der Waals surface area (Å²) < 4.78 is 25.1. The van der Waals surface area contributed by atoms with E-state index in [1.807, 2.05) is 0 Å². The van der Waals surface area contributed by atoms with Crippen LogP contribution in [0.2, 0.25) is 0 Å². The summed E-state index contributed by atoms with van der Waals surface area (Å²) in [7, 11) is 2.91. The van der Waals surface area contributed by atoms with Crippen LogP contribution in [0.15, 0.2) is 0 Å². The minimum absolute atomic E-state index is 0.0906. The van der Waals surface area contributed by atoms with Crippen molar-refractivity contribution >= 4 is 5.97 Å². The molecule has 0 rings (SSSR count). The lowest BCUT2D eigenvalue weighted by Gasteiger charge is -2.21. The average Bonchev–Trinajstić information content (AvgIpc) is 2.39. The normalized spacial score (nSPS) is 14.1. The third-order valence-corrected chi connectivity index (χ3v) is 2.23. The van der Waals surface area contributed by atoms with Gasteiger partial charge >= 0.3 is 5.97 Å². The third kappa shape index (κ3) is 9.80. The Labute approximate surface area is 114 Å². The lowest BCUT2D eigenvalue weighted by atomic mass is 10.1. The van der Waals surface area contributed by atoms with E-state index in [2.05, 4.69) is 4.74 Å². The minimum Gasteiger partial charge on any atom is -0.468 e. The van der Waals surface area contributed by atoms with E-state index in [1.54, 1.807) is 14.0 Å². The zero-order chi connectivity index (χ0) is 14.6. The summed E-state index contributed by atoms with van der Waals surface area (Å²) in [4.78, 5) is 11.2. The van der Waals surface area contributed by atoms with E-state index < -0.39 is 11.5 Å². The van der Waals surface area contributed by atoms with Crippen molar-refractivity contribution in [3.63, 3.8) is 0 Å². The van der Waals surface area contributed by atoms with Crippen LogP contribution in [0, 0.1) is 0 Å². The molecule has 19 heavy (non-hydrogen) atoms. The molecule has 0 aliphatic heterocycles. The summed E-state index contributed by atoms with van der Waals surface area (Å²) in [6, 6.07) is 0. The number of carbonyl (C=O) groups is 1. The topological polar surface area (TPSA) is 89.2 Å². The highest BCUT2D eigenvalue weighted by molar-refractivity contribution is 5.80. The number of hydrogen-bond donors (Lipinski definition) is 1. The van der Waals surface area contributed by atoms with Crippen molar-refractivity contribution < 1.29 is 28.5 Å². The number of carbonyl (C=O) groups excluding carboxylic acids is 1. The Morgan fingerprint density at radius 2 is 1.42 bits per heavy atom. The number of esters is 1. The van der Waals surface area contributed by atoms with Gasteiger partial charge in [0, 0.05) is 7.11 Å². The quantitative estimate of drug-likeness (QED) is 0.383. The molecule has 0 saturated heterocycles. The molecule has 0 aromatic rings. The summed E-state index contributed by atoms with van der Waals surface area (Å²) in [6.07, 6.45) is 0. The predicted molar refractivity (Wildman–Crippen MR) is 68.9 cm³/mol.